The number of thiol groups is 1. The molecule has 2 unspecified atom stereocenters. The molecule has 9 heteroatoms. The lowest BCUT2D eigenvalue weighted by Gasteiger charge is -2.60. The minimum atomic E-state index is -1.46. The van der Waals surface area contributed by atoms with Crippen LogP contribution in [0.3, 0.4) is 0 Å². The van der Waals surface area contributed by atoms with E-state index in [0.29, 0.717) is 25.7 Å². The number of allylic oxidation sites excluding steroid dienone is 3. The Morgan fingerprint density at radius 3 is 2.55 bits per heavy atom. The molecule has 4 N–H and O–H groups in total. The smallest absolute Gasteiger partial charge is 0.432 e. The molecule has 4 aliphatic rings. The average molecular weight is 572 g/mol. The van der Waals surface area contributed by atoms with Crippen LogP contribution in [0.4, 0.5) is 14.9 Å². The van der Waals surface area contributed by atoms with Gasteiger partial charge in [-0.05, 0) is 93.7 Å². The second-order valence-electron chi connectivity index (χ2n) is 12.8. The third kappa shape index (κ3) is 4.54. The van der Waals surface area contributed by atoms with Crippen molar-refractivity contribution in [3.63, 3.8) is 0 Å². The molecule has 0 bridgehead atoms. The fourth-order valence-electron chi connectivity index (χ4n) is 8.64. The molecule has 7 nitrogen and oxygen atoms in total. The largest absolute Gasteiger partial charge is 0.509 e. The predicted octanol–water partition coefficient (Wildman–Crippen LogP) is 5.22. The number of nitrogens with one attached hydrogen (secondary N) is 1. The number of halogens is 1. The Hall–Kier alpha value is -2.49. The molecule has 5 rings (SSSR count). The molecule has 3 saturated carbocycles. The number of fused-ring (bicyclic) bond motifs is 5. The van der Waals surface area contributed by atoms with Gasteiger partial charge in [-0.3, -0.25) is 10.1 Å². The standard InChI is InChI=1S/C31H39FN2O5S/c1-17(2)38-28(37)39-31(27(36)40)12-11-23-22-10-5-19-13-24(34-21-8-6-20(32)7-9-21)18(16-33)14-29(19,3)26(22)25(35)15-30(23,31)4/h6-9,13,16-17,22-23,25-26,33-35H,5,10-12,14-15H2,1-4H3,(H,36,40)/p+1/t22-,23?,25-,26?,29-,30-,31-/m0/s1. The Balaban J connectivity index is 1.45. The van der Waals surface area contributed by atoms with Crippen molar-refractivity contribution >= 4 is 35.8 Å². The van der Waals surface area contributed by atoms with Gasteiger partial charge in [0.1, 0.15) is 17.2 Å². The summed E-state index contributed by atoms with van der Waals surface area (Å²) >= 11 is 4.22. The van der Waals surface area contributed by atoms with Crippen LogP contribution in [0.15, 0.2) is 47.2 Å². The average Bonchev–Trinajstić information content (AvgIpc) is 3.16. The van der Waals surface area contributed by atoms with Crippen molar-refractivity contribution in [3.8, 4) is 0 Å². The fourth-order valence-corrected chi connectivity index (χ4v) is 9.05. The number of carbonyl (C=O) groups is 2. The van der Waals surface area contributed by atoms with Crippen molar-refractivity contribution in [3.05, 3.63) is 53.0 Å². The van der Waals surface area contributed by atoms with E-state index >= 15 is 0 Å². The van der Waals surface area contributed by atoms with E-state index in [9.17, 15) is 19.1 Å². The van der Waals surface area contributed by atoms with Gasteiger partial charge in [-0.2, -0.15) is 0 Å². The molecule has 3 fully saturated rings. The van der Waals surface area contributed by atoms with Crippen molar-refractivity contribution in [2.45, 2.75) is 84.0 Å². The van der Waals surface area contributed by atoms with Crippen LogP contribution in [-0.4, -0.2) is 40.4 Å². The van der Waals surface area contributed by atoms with Crippen molar-refractivity contribution in [1.29, 1.82) is 5.41 Å². The molecule has 0 amide bonds. The maximum atomic E-state index is 13.4. The number of carbonyl (C=O) groups excluding carboxylic acids is 2. The summed E-state index contributed by atoms with van der Waals surface area (Å²) in [5.74, 6) is -0.185. The lowest BCUT2D eigenvalue weighted by Crippen LogP contribution is -2.76. The third-order valence-electron chi connectivity index (χ3n) is 10.3. The fraction of sp³-hybridized carbons (Fsp3) is 0.581. The molecule has 0 heterocycles. The van der Waals surface area contributed by atoms with E-state index < -0.39 is 28.4 Å². The molecule has 7 atom stereocenters. The van der Waals surface area contributed by atoms with E-state index in [4.69, 9.17) is 14.9 Å². The first-order valence-corrected chi connectivity index (χ1v) is 14.7. The quantitative estimate of drug-likeness (QED) is 0.162. The van der Waals surface area contributed by atoms with Crippen LogP contribution in [0.25, 0.3) is 0 Å². The second kappa shape index (κ2) is 10.4. The Bertz CT molecular complexity index is 1280. The Morgan fingerprint density at radius 2 is 1.93 bits per heavy atom. The lowest BCUT2D eigenvalue weighted by atomic mass is 9.45. The van der Waals surface area contributed by atoms with E-state index in [2.05, 4.69) is 25.6 Å². The molecule has 216 valence electrons. The minimum Gasteiger partial charge on any atom is -0.432 e. The van der Waals surface area contributed by atoms with Gasteiger partial charge in [-0.25, -0.2) is 9.18 Å². The zero-order chi connectivity index (χ0) is 29.0. The van der Waals surface area contributed by atoms with Gasteiger partial charge in [0.15, 0.2) is 5.60 Å². The van der Waals surface area contributed by atoms with E-state index in [1.807, 2.05) is 12.2 Å². The number of benzene rings is 1. The first-order valence-electron chi connectivity index (χ1n) is 14.2. The molecule has 1 aromatic rings. The summed E-state index contributed by atoms with van der Waals surface area (Å²) in [4.78, 5) is 25.7. The first kappa shape index (κ1) is 29.0. The maximum Gasteiger partial charge on any atom is 0.509 e. The minimum absolute atomic E-state index is 0.0572. The highest BCUT2D eigenvalue weighted by Gasteiger charge is 2.70. The van der Waals surface area contributed by atoms with E-state index in [1.165, 1.54) is 23.9 Å². The monoisotopic (exact) mass is 571 g/mol. The number of rotatable bonds is 6. The van der Waals surface area contributed by atoms with Gasteiger partial charge in [-0.15, -0.1) is 12.6 Å². The van der Waals surface area contributed by atoms with Gasteiger partial charge in [0, 0.05) is 29.3 Å². The number of aliphatic hydroxyl groups excluding tert-OH is 1. The number of aliphatic hydroxyl groups is 1. The van der Waals surface area contributed by atoms with E-state index in [-0.39, 0.29) is 35.1 Å². The molecule has 40 heavy (non-hydrogen) atoms. The molecular formula is C31H40FN2O5S+. The molecule has 0 aromatic heterocycles. The Kier molecular flexibility index (Phi) is 7.55. The van der Waals surface area contributed by atoms with Gasteiger partial charge in [0.2, 0.25) is 5.12 Å². The second-order valence-corrected chi connectivity index (χ2v) is 13.2. The molecule has 0 radical (unpaired) electrons. The zero-order valence-corrected chi connectivity index (χ0v) is 24.5. The summed E-state index contributed by atoms with van der Waals surface area (Å²) in [7, 11) is 0. The highest BCUT2D eigenvalue weighted by molar-refractivity contribution is 7.96. The molecule has 4 aliphatic carbocycles. The van der Waals surface area contributed by atoms with Gasteiger partial charge in [-0.1, -0.05) is 19.4 Å². The Morgan fingerprint density at radius 1 is 1.23 bits per heavy atom. The number of ether oxygens (including phenoxy) is 2. The SMILES string of the molecule is CC(C)OC(=O)O[C@]1(C(=O)S)CCC2[C@@H]3CCC4=CC([NH2+]c5ccc(F)cc5)=C(C=N)C[C@]4(C)C3[C@@H](O)C[C@@]21C. The van der Waals surface area contributed by atoms with Gasteiger partial charge in [0.25, 0.3) is 0 Å². The van der Waals surface area contributed by atoms with E-state index in [0.717, 1.165) is 29.8 Å². The highest BCUT2D eigenvalue weighted by Crippen LogP contribution is 2.68. The summed E-state index contributed by atoms with van der Waals surface area (Å²) in [5.41, 5.74) is 1.35. The van der Waals surface area contributed by atoms with Crippen LogP contribution in [-0.2, 0) is 14.3 Å². The van der Waals surface area contributed by atoms with Crippen molar-refractivity contribution in [1.82, 2.24) is 0 Å². The normalized spacial score (nSPS) is 36.8. The third-order valence-corrected chi connectivity index (χ3v) is 10.7. The number of hydrogen-bond donors (Lipinski definition) is 4. The summed E-state index contributed by atoms with van der Waals surface area (Å²) in [6.45, 7) is 7.61. The molecule has 0 spiro atoms. The van der Waals surface area contributed by atoms with Crippen molar-refractivity contribution in [2.24, 2.45) is 28.6 Å². The molecule has 0 saturated heterocycles. The summed E-state index contributed by atoms with van der Waals surface area (Å²) < 4.78 is 24.5. The van der Waals surface area contributed by atoms with Crippen LogP contribution in [0, 0.1) is 39.8 Å². The van der Waals surface area contributed by atoms with Crippen LogP contribution < -0.4 is 5.32 Å². The van der Waals surface area contributed by atoms with Crippen LogP contribution >= 0.6 is 12.6 Å². The van der Waals surface area contributed by atoms with Gasteiger partial charge < -0.3 is 20.0 Å². The first-order chi connectivity index (χ1) is 18.8. The highest BCUT2D eigenvalue weighted by atomic mass is 32.1. The zero-order valence-electron chi connectivity index (χ0n) is 23.6. The Labute approximate surface area is 240 Å². The molecular weight excluding hydrogens is 531 g/mol. The van der Waals surface area contributed by atoms with Crippen molar-refractivity contribution in [2.75, 3.05) is 0 Å². The summed E-state index contributed by atoms with van der Waals surface area (Å²) in [5, 5.41) is 21.5. The summed E-state index contributed by atoms with van der Waals surface area (Å²) in [6, 6.07) is 6.32. The summed E-state index contributed by atoms with van der Waals surface area (Å²) in [6.07, 6.45) is 5.20. The topological polar surface area (TPSA) is 113 Å². The lowest BCUT2D eigenvalue weighted by molar-refractivity contribution is -0.513. The van der Waals surface area contributed by atoms with Crippen molar-refractivity contribution < 1.29 is 33.9 Å². The number of nitrogens with two attached hydrogens (primary N) is 1. The molecule has 1 aromatic carbocycles. The number of hydrogen-bond acceptors (Lipinski definition) is 6. The molecule has 0 aliphatic heterocycles. The van der Waals surface area contributed by atoms with Crippen LogP contribution in [0.5, 0.6) is 0 Å². The van der Waals surface area contributed by atoms with E-state index in [1.54, 1.807) is 26.0 Å². The van der Waals surface area contributed by atoms with Crippen LogP contribution in [0.2, 0.25) is 0 Å². The number of quaternary nitrogens is 1. The maximum absolute atomic E-state index is 13.4. The van der Waals surface area contributed by atoms with Gasteiger partial charge in [0.05, 0.1) is 12.2 Å². The van der Waals surface area contributed by atoms with Gasteiger partial charge >= 0.3 is 6.16 Å². The van der Waals surface area contributed by atoms with Crippen LogP contribution in [0.1, 0.15) is 66.2 Å². The predicted molar refractivity (Wildman–Crippen MR) is 152 cm³/mol.